The van der Waals surface area contributed by atoms with Crippen LogP contribution in [0.1, 0.15) is 45.4 Å². The SMILES string of the molecule is CCCC1(O)CN(C(=O)C2(N)CCCC2)C1. The van der Waals surface area contributed by atoms with E-state index in [1.54, 1.807) is 4.90 Å². The van der Waals surface area contributed by atoms with Crippen molar-refractivity contribution in [2.24, 2.45) is 5.73 Å². The van der Waals surface area contributed by atoms with Crippen molar-refractivity contribution in [3.63, 3.8) is 0 Å². The molecule has 1 amide bonds. The van der Waals surface area contributed by atoms with Crippen molar-refractivity contribution in [2.45, 2.75) is 56.6 Å². The highest BCUT2D eigenvalue weighted by Gasteiger charge is 2.48. The van der Waals surface area contributed by atoms with Crippen LogP contribution in [0.3, 0.4) is 0 Å². The third kappa shape index (κ3) is 1.96. The number of nitrogens with two attached hydrogens (primary N) is 1. The van der Waals surface area contributed by atoms with Gasteiger partial charge in [-0.2, -0.15) is 0 Å². The first-order valence-corrected chi connectivity index (χ1v) is 6.30. The minimum Gasteiger partial charge on any atom is -0.386 e. The van der Waals surface area contributed by atoms with Crippen LogP contribution in [0, 0.1) is 0 Å². The van der Waals surface area contributed by atoms with Gasteiger partial charge in [0.05, 0.1) is 24.2 Å². The highest BCUT2D eigenvalue weighted by atomic mass is 16.3. The maximum absolute atomic E-state index is 12.1. The van der Waals surface area contributed by atoms with Gasteiger partial charge in [-0.3, -0.25) is 4.79 Å². The Morgan fingerprint density at radius 1 is 1.38 bits per heavy atom. The summed E-state index contributed by atoms with van der Waals surface area (Å²) < 4.78 is 0. The number of hydrogen-bond acceptors (Lipinski definition) is 3. The minimum absolute atomic E-state index is 0.0470. The summed E-state index contributed by atoms with van der Waals surface area (Å²) >= 11 is 0. The van der Waals surface area contributed by atoms with E-state index in [1.807, 2.05) is 6.92 Å². The van der Waals surface area contributed by atoms with Gasteiger partial charge >= 0.3 is 0 Å². The van der Waals surface area contributed by atoms with Crippen LogP contribution >= 0.6 is 0 Å². The summed E-state index contributed by atoms with van der Waals surface area (Å²) in [5, 5.41) is 10.0. The predicted molar refractivity (Wildman–Crippen MR) is 61.8 cm³/mol. The van der Waals surface area contributed by atoms with Crippen molar-refractivity contribution in [3.05, 3.63) is 0 Å². The number of aliphatic hydroxyl groups is 1. The zero-order valence-electron chi connectivity index (χ0n) is 10.0. The summed E-state index contributed by atoms with van der Waals surface area (Å²) in [6.07, 6.45) is 5.42. The second kappa shape index (κ2) is 4.00. The van der Waals surface area contributed by atoms with E-state index in [1.165, 1.54) is 0 Å². The van der Waals surface area contributed by atoms with E-state index in [0.29, 0.717) is 13.1 Å². The molecule has 2 aliphatic rings. The van der Waals surface area contributed by atoms with Crippen LogP contribution in [0.4, 0.5) is 0 Å². The monoisotopic (exact) mass is 226 g/mol. The summed E-state index contributed by atoms with van der Waals surface area (Å²) in [5.41, 5.74) is 4.83. The lowest BCUT2D eigenvalue weighted by molar-refractivity contribution is -0.161. The second-order valence-corrected chi connectivity index (χ2v) is 5.50. The second-order valence-electron chi connectivity index (χ2n) is 5.50. The molecule has 92 valence electrons. The molecule has 0 atom stereocenters. The third-order valence-corrected chi connectivity index (χ3v) is 3.89. The average Bonchev–Trinajstić information content (AvgIpc) is 2.62. The molecule has 2 rings (SSSR count). The molecule has 0 aromatic heterocycles. The van der Waals surface area contributed by atoms with Gasteiger partial charge in [0.1, 0.15) is 0 Å². The number of amides is 1. The topological polar surface area (TPSA) is 66.6 Å². The Bertz CT molecular complexity index is 279. The van der Waals surface area contributed by atoms with Gasteiger partial charge in [0, 0.05) is 0 Å². The maximum Gasteiger partial charge on any atom is 0.242 e. The predicted octanol–water partition coefficient (Wildman–Crippen LogP) is 0.631. The number of rotatable bonds is 3. The summed E-state index contributed by atoms with van der Waals surface area (Å²) in [4.78, 5) is 13.9. The van der Waals surface area contributed by atoms with Gasteiger partial charge in [-0.1, -0.05) is 26.2 Å². The molecule has 0 aromatic rings. The number of nitrogens with zero attached hydrogens (tertiary/aromatic N) is 1. The quantitative estimate of drug-likeness (QED) is 0.742. The number of likely N-dealkylation sites (tertiary alicyclic amines) is 1. The van der Waals surface area contributed by atoms with Crippen LogP contribution in [-0.2, 0) is 4.79 Å². The van der Waals surface area contributed by atoms with Crippen LogP contribution in [-0.4, -0.2) is 40.1 Å². The fourth-order valence-electron chi connectivity index (χ4n) is 2.97. The Hall–Kier alpha value is -0.610. The Kier molecular flexibility index (Phi) is 2.97. The van der Waals surface area contributed by atoms with Crippen LogP contribution < -0.4 is 5.73 Å². The van der Waals surface area contributed by atoms with Gasteiger partial charge < -0.3 is 15.7 Å². The Morgan fingerprint density at radius 2 is 1.94 bits per heavy atom. The molecule has 1 heterocycles. The van der Waals surface area contributed by atoms with Crippen LogP contribution in [0.15, 0.2) is 0 Å². The number of carbonyl (C=O) groups excluding carboxylic acids is 1. The lowest BCUT2D eigenvalue weighted by Gasteiger charge is -2.48. The van der Waals surface area contributed by atoms with E-state index >= 15 is 0 Å². The Balaban J connectivity index is 1.90. The number of carbonyl (C=O) groups is 1. The standard InChI is InChI=1S/C12H22N2O2/c1-2-5-11(16)8-14(9-11)10(15)12(13)6-3-4-7-12/h16H,2-9,13H2,1H3. The number of β-amino-alcohol motifs (C(OH)–C–C–N with tert-alkyl or cyclic N) is 1. The third-order valence-electron chi connectivity index (χ3n) is 3.89. The maximum atomic E-state index is 12.1. The average molecular weight is 226 g/mol. The van der Waals surface area contributed by atoms with Crippen molar-refractivity contribution in [3.8, 4) is 0 Å². The Labute approximate surface area is 96.8 Å². The van der Waals surface area contributed by atoms with Gasteiger partial charge in [-0.05, 0) is 19.3 Å². The van der Waals surface area contributed by atoms with E-state index < -0.39 is 11.1 Å². The number of hydrogen-bond donors (Lipinski definition) is 2. The molecule has 1 saturated carbocycles. The molecule has 0 radical (unpaired) electrons. The molecule has 1 aliphatic heterocycles. The van der Waals surface area contributed by atoms with Crippen LogP contribution in [0.2, 0.25) is 0 Å². The van der Waals surface area contributed by atoms with E-state index in [0.717, 1.165) is 38.5 Å². The first-order chi connectivity index (χ1) is 7.49. The van der Waals surface area contributed by atoms with E-state index in [-0.39, 0.29) is 5.91 Å². The largest absolute Gasteiger partial charge is 0.386 e. The molecule has 3 N–H and O–H groups in total. The van der Waals surface area contributed by atoms with Crippen molar-refractivity contribution in [1.82, 2.24) is 4.90 Å². The van der Waals surface area contributed by atoms with E-state index in [4.69, 9.17) is 5.73 Å². The molecular weight excluding hydrogens is 204 g/mol. The molecule has 16 heavy (non-hydrogen) atoms. The molecule has 0 aromatic carbocycles. The molecule has 4 heteroatoms. The molecule has 1 aliphatic carbocycles. The van der Waals surface area contributed by atoms with Crippen LogP contribution in [0.25, 0.3) is 0 Å². The molecule has 4 nitrogen and oxygen atoms in total. The molecule has 1 saturated heterocycles. The van der Waals surface area contributed by atoms with Crippen molar-refractivity contribution < 1.29 is 9.90 Å². The summed E-state index contributed by atoms with van der Waals surface area (Å²) in [7, 11) is 0. The molecule has 0 bridgehead atoms. The normalized spacial score (nSPS) is 26.6. The fraction of sp³-hybridized carbons (Fsp3) is 0.917. The van der Waals surface area contributed by atoms with Crippen LogP contribution in [0.5, 0.6) is 0 Å². The summed E-state index contributed by atoms with van der Waals surface area (Å²) in [6, 6.07) is 0. The van der Waals surface area contributed by atoms with E-state index in [9.17, 15) is 9.90 Å². The summed E-state index contributed by atoms with van der Waals surface area (Å²) in [5.74, 6) is 0.0470. The highest BCUT2D eigenvalue weighted by Crippen LogP contribution is 2.33. The van der Waals surface area contributed by atoms with Crippen molar-refractivity contribution in [2.75, 3.05) is 13.1 Å². The van der Waals surface area contributed by atoms with E-state index in [2.05, 4.69) is 0 Å². The smallest absolute Gasteiger partial charge is 0.242 e. The highest BCUT2D eigenvalue weighted by molar-refractivity contribution is 5.87. The van der Waals surface area contributed by atoms with Gasteiger partial charge in [0.2, 0.25) is 5.91 Å². The summed E-state index contributed by atoms with van der Waals surface area (Å²) in [6.45, 7) is 2.99. The molecule has 0 spiro atoms. The van der Waals surface area contributed by atoms with Gasteiger partial charge in [-0.15, -0.1) is 0 Å². The Morgan fingerprint density at radius 3 is 2.44 bits per heavy atom. The van der Waals surface area contributed by atoms with Crippen molar-refractivity contribution in [1.29, 1.82) is 0 Å². The van der Waals surface area contributed by atoms with Crippen molar-refractivity contribution >= 4 is 5.91 Å². The van der Waals surface area contributed by atoms with Gasteiger partial charge in [0.25, 0.3) is 0 Å². The lowest BCUT2D eigenvalue weighted by Crippen LogP contribution is -2.68. The molecule has 2 fully saturated rings. The zero-order valence-corrected chi connectivity index (χ0v) is 10.0. The fourth-order valence-corrected chi connectivity index (χ4v) is 2.97. The van der Waals surface area contributed by atoms with Gasteiger partial charge in [0.15, 0.2) is 0 Å². The van der Waals surface area contributed by atoms with Gasteiger partial charge in [-0.25, -0.2) is 0 Å². The molecule has 0 unspecified atom stereocenters. The zero-order chi connectivity index (χ0) is 11.8. The molecular formula is C12H22N2O2. The minimum atomic E-state index is -0.640. The first kappa shape index (κ1) is 11.9. The first-order valence-electron chi connectivity index (χ1n) is 6.30. The lowest BCUT2D eigenvalue weighted by atomic mass is 9.86.